The number of amides is 1. The summed E-state index contributed by atoms with van der Waals surface area (Å²) in [5, 5.41) is 5.69. The SMILES string of the molecule is COC(=O)CNC(=O)C1CSC(C)(C)N1. The molecule has 1 amide bonds. The van der Waals surface area contributed by atoms with Crippen molar-refractivity contribution in [2.75, 3.05) is 19.4 Å². The molecule has 86 valence electrons. The average molecular weight is 232 g/mol. The van der Waals surface area contributed by atoms with Gasteiger partial charge in [0, 0.05) is 5.75 Å². The van der Waals surface area contributed by atoms with Crippen LogP contribution in [0.2, 0.25) is 0 Å². The van der Waals surface area contributed by atoms with Crippen LogP contribution < -0.4 is 10.6 Å². The standard InChI is InChI=1S/C9H16N2O3S/c1-9(2)11-6(5-15-9)8(13)10-4-7(12)14-3/h6,11H,4-5H2,1-3H3,(H,10,13). The normalized spacial score (nSPS) is 23.5. The van der Waals surface area contributed by atoms with Crippen LogP contribution in [0.3, 0.4) is 0 Å². The molecule has 1 atom stereocenters. The summed E-state index contributed by atoms with van der Waals surface area (Å²) >= 11 is 1.69. The fourth-order valence-electron chi connectivity index (χ4n) is 1.29. The summed E-state index contributed by atoms with van der Waals surface area (Å²) in [6.07, 6.45) is 0. The van der Waals surface area contributed by atoms with Crippen molar-refractivity contribution in [2.45, 2.75) is 24.8 Å². The van der Waals surface area contributed by atoms with E-state index in [4.69, 9.17) is 0 Å². The molecule has 0 aromatic rings. The molecule has 1 rings (SSSR count). The van der Waals surface area contributed by atoms with Crippen molar-refractivity contribution in [1.82, 2.24) is 10.6 Å². The molecule has 6 heteroatoms. The van der Waals surface area contributed by atoms with Gasteiger partial charge in [0.05, 0.1) is 18.0 Å². The molecule has 1 aliphatic heterocycles. The highest BCUT2D eigenvalue weighted by molar-refractivity contribution is 8.00. The first-order valence-electron chi connectivity index (χ1n) is 4.71. The van der Waals surface area contributed by atoms with Gasteiger partial charge in [0.25, 0.3) is 0 Å². The Balaban J connectivity index is 2.33. The number of hydrogen-bond acceptors (Lipinski definition) is 5. The summed E-state index contributed by atoms with van der Waals surface area (Å²) in [4.78, 5) is 22.3. The van der Waals surface area contributed by atoms with Crippen LogP contribution in [0.5, 0.6) is 0 Å². The summed E-state index contributed by atoms with van der Waals surface area (Å²) in [5.74, 6) is 0.131. The van der Waals surface area contributed by atoms with E-state index < -0.39 is 5.97 Å². The molecular weight excluding hydrogens is 216 g/mol. The number of methoxy groups -OCH3 is 1. The van der Waals surface area contributed by atoms with E-state index in [0.717, 1.165) is 5.75 Å². The van der Waals surface area contributed by atoms with Crippen molar-refractivity contribution < 1.29 is 14.3 Å². The van der Waals surface area contributed by atoms with Crippen LogP contribution in [0, 0.1) is 0 Å². The zero-order valence-corrected chi connectivity index (χ0v) is 9.94. The summed E-state index contributed by atoms with van der Waals surface area (Å²) in [7, 11) is 1.29. The summed E-state index contributed by atoms with van der Waals surface area (Å²) < 4.78 is 4.42. The van der Waals surface area contributed by atoms with E-state index in [-0.39, 0.29) is 23.4 Å². The molecule has 0 saturated carbocycles. The maximum Gasteiger partial charge on any atom is 0.325 e. The van der Waals surface area contributed by atoms with Crippen LogP contribution in [0.1, 0.15) is 13.8 Å². The summed E-state index contributed by atoms with van der Waals surface area (Å²) in [5.41, 5.74) is 0. The lowest BCUT2D eigenvalue weighted by Crippen LogP contribution is -2.47. The molecule has 1 aliphatic rings. The molecule has 2 N–H and O–H groups in total. The first kappa shape index (κ1) is 12.3. The third-order valence-electron chi connectivity index (χ3n) is 2.08. The molecule has 0 aromatic carbocycles. The largest absolute Gasteiger partial charge is 0.468 e. The van der Waals surface area contributed by atoms with Crippen molar-refractivity contribution in [3.63, 3.8) is 0 Å². The number of ether oxygens (including phenoxy) is 1. The van der Waals surface area contributed by atoms with Gasteiger partial charge < -0.3 is 10.1 Å². The molecule has 5 nitrogen and oxygen atoms in total. The number of carbonyl (C=O) groups excluding carboxylic acids is 2. The van der Waals surface area contributed by atoms with Crippen molar-refractivity contribution in [3.05, 3.63) is 0 Å². The third kappa shape index (κ3) is 3.71. The lowest BCUT2D eigenvalue weighted by molar-refractivity contribution is -0.141. The molecule has 1 heterocycles. The van der Waals surface area contributed by atoms with Gasteiger partial charge in [-0.25, -0.2) is 0 Å². The Morgan fingerprint density at radius 3 is 2.73 bits per heavy atom. The van der Waals surface area contributed by atoms with Crippen molar-refractivity contribution in [2.24, 2.45) is 0 Å². The molecule has 1 saturated heterocycles. The second-order valence-electron chi connectivity index (χ2n) is 3.81. The Labute approximate surface area is 93.3 Å². The first-order valence-corrected chi connectivity index (χ1v) is 5.69. The Morgan fingerprint density at radius 1 is 1.60 bits per heavy atom. The smallest absolute Gasteiger partial charge is 0.325 e. The van der Waals surface area contributed by atoms with E-state index in [1.165, 1.54) is 7.11 Å². The van der Waals surface area contributed by atoms with Gasteiger partial charge in [-0.1, -0.05) is 0 Å². The molecule has 0 aliphatic carbocycles. The Bertz CT molecular complexity index is 268. The molecule has 0 spiro atoms. The average Bonchev–Trinajstić information content (AvgIpc) is 2.54. The van der Waals surface area contributed by atoms with E-state index in [1.54, 1.807) is 11.8 Å². The molecule has 0 bridgehead atoms. The third-order valence-corrected chi connectivity index (χ3v) is 3.42. The van der Waals surface area contributed by atoms with Gasteiger partial charge in [-0.2, -0.15) is 0 Å². The fourth-order valence-corrected chi connectivity index (χ4v) is 2.33. The van der Waals surface area contributed by atoms with Crippen molar-refractivity contribution in [1.29, 1.82) is 0 Å². The second-order valence-corrected chi connectivity index (χ2v) is 5.45. The van der Waals surface area contributed by atoms with Crippen LogP contribution in [0.15, 0.2) is 0 Å². The Hall–Kier alpha value is -0.750. The van der Waals surface area contributed by atoms with Crippen molar-refractivity contribution >= 4 is 23.6 Å². The van der Waals surface area contributed by atoms with E-state index in [0.29, 0.717) is 0 Å². The lowest BCUT2D eigenvalue weighted by atomic mass is 10.2. The van der Waals surface area contributed by atoms with Crippen LogP contribution in [-0.2, 0) is 14.3 Å². The Morgan fingerprint density at radius 2 is 2.27 bits per heavy atom. The number of nitrogens with one attached hydrogen (secondary N) is 2. The van der Waals surface area contributed by atoms with Crippen molar-refractivity contribution in [3.8, 4) is 0 Å². The number of carbonyl (C=O) groups is 2. The van der Waals surface area contributed by atoms with Gasteiger partial charge in [-0.05, 0) is 13.8 Å². The number of thioether (sulfide) groups is 1. The quantitative estimate of drug-likeness (QED) is 0.655. The molecule has 1 unspecified atom stereocenters. The van der Waals surface area contributed by atoms with Gasteiger partial charge in [0.15, 0.2) is 0 Å². The van der Waals surface area contributed by atoms with Crippen LogP contribution >= 0.6 is 11.8 Å². The second kappa shape index (κ2) is 4.85. The van der Waals surface area contributed by atoms with Gasteiger partial charge in [-0.3, -0.25) is 14.9 Å². The van der Waals surface area contributed by atoms with Gasteiger partial charge >= 0.3 is 5.97 Å². The highest BCUT2D eigenvalue weighted by atomic mass is 32.2. The van der Waals surface area contributed by atoms with Gasteiger partial charge in [0.2, 0.25) is 5.91 Å². The molecule has 0 aromatic heterocycles. The van der Waals surface area contributed by atoms with E-state index >= 15 is 0 Å². The molecular formula is C9H16N2O3S. The number of hydrogen-bond donors (Lipinski definition) is 2. The van der Waals surface area contributed by atoms with E-state index in [2.05, 4.69) is 15.4 Å². The highest BCUT2D eigenvalue weighted by Gasteiger charge is 2.34. The summed E-state index contributed by atoms with van der Waals surface area (Å²) in [6, 6.07) is -0.227. The first-order chi connectivity index (χ1) is 6.94. The molecule has 1 fully saturated rings. The van der Waals surface area contributed by atoms with Crippen LogP contribution in [0.25, 0.3) is 0 Å². The summed E-state index contributed by atoms with van der Waals surface area (Å²) in [6.45, 7) is 3.97. The zero-order valence-electron chi connectivity index (χ0n) is 9.12. The van der Waals surface area contributed by atoms with Crippen LogP contribution in [0.4, 0.5) is 0 Å². The predicted octanol–water partition coefficient (Wildman–Crippen LogP) is -0.283. The van der Waals surface area contributed by atoms with E-state index in [9.17, 15) is 9.59 Å². The van der Waals surface area contributed by atoms with Gasteiger partial charge in [0.1, 0.15) is 6.54 Å². The zero-order chi connectivity index (χ0) is 11.5. The molecule has 0 radical (unpaired) electrons. The maximum atomic E-state index is 11.6. The number of rotatable bonds is 3. The minimum absolute atomic E-state index is 0.0708. The molecule has 15 heavy (non-hydrogen) atoms. The maximum absolute atomic E-state index is 11.6. The van der Waals surface area contributed by atoms with E-state index in [1.807, 2.05) is 13.8 Å². The Kier molecular flexibility index (Phi) is 3.98. The van der Waals surface area contributed by atoms with Gasteiger partial charge in [-0.15, -0.1) is 11.8 Å². The number of esters is 1. The monoisotopic (exact) mass is 232 g/mol. The fraction of sp³-hybridized carbons (Fsp3) is 0.778. The minimum Gasteiger partial charge on any atom is -0.468 e. The predicted molar refractivity (Wildman–Crippen MR) is 58.5 cm³/mol. The van der Waals surface area contributed by atoms with Crippen LogP contribution in [-0.4, -0.2) is 42.2 Å². The topological polar surface area (TPSA) is 67.4 Å². The lowest BCUT2D eigenvalue weighted by Gasteiger charge is -2.18. The minimum atomic E-state index is -0.437. The highest BCUT2D eigenvalue weighted by Crippen LogP contribution is 2.28.